The Morgan fingerprint density at radius 2 is 1.44 bits per heavy atom. The van der Waals surface area contributed by atoms with Gasteiger partial charge in [-0.25, -0.2) is 0 Å². The second-order valence-corrected chi connectivity index (χ2v) is 5.88. The fourth-order valence-electron chi connectivity index (χ4n) is 1.71. The highest BCUT2D eigenvalue weighted by Gasteiger charge is 2.53. The van der Waals surface area contributed by atoms with E-state index in [9.17, 15) is 4.79 Å². The van der Waals surface area contributed by atoms with Crippen LogP contribution in [0.25, 0.3) is 0 Å². The van der Waals surface area contributed by atoms with Gasteiger partial charge in [0.25, 0.3) is 0 Å². The smallest absolute Gasteiger partial charge is 0.403 e. The van der Waals surface area contributed by atoms with E-state index in [1.54, 1.807) is 6.92 Å². The summed E-state index contributed by atoms with van der Waals surface area (Å²) in [4.78, 5) is 11.4. The summed E-state index contributed by atoms with van der Waals surface area (Å²) in [7, 11) is -0.288. The molecule has 0 aliphatic carbocycles. The lowest BCUT2D eigenvalue weighted by molar-refractivity contribution is -0.120. The minimum atomic E-state index is -0.317. The topological polar surface area (TPSA) is 35.5 Å². The van der Waals surface area contributed by atoms with Crippen molar-refractivity contribution in [2.24, 2.45) is 5.92 Å². The molecular formula is C12H23BO3. The maximum absolute atomic E-state index is 11.4. The summed E-state index contributed by atoms with van der Waals surface area (Å²) in [5.74, 6) is 0.232. The molecule has 92 valence electrons. The van der Waals surface area contributed by atoms with E-state index in [1.807, 2.05) is 41.5 Å². The summed E-state index contributed by atoms with van der Waals surface area (Å²) in [6.45, 7) is 13.7. The van der Waals surface area contributed by atoms with Crippen LogP contribution in [-0.2, 0) is 14.1 Å². The molecule has 0 amide bonds. The monoisotopic (exact) mass is 226 g/mol. The van der Waals surface area contributed by atoms with E-state index in [2.05, 4.69) is 0 Å². The summed E-state index contributed by atoms with van der Waals surface area (Å²) in [5.41, 5.74) is -0.634. The van der Waals surface area contributed by atoms with Gasteiger partial charge in [0, 0.05) is 11.7 Å². The summed E-state index contributed by atoms with van der Waals surface area (Å²) in [6.07, 6.45) is 0. The highest BCUT2D eigenvalue weighted by atomic mass is 16.7. The SMILES string of the molecule is CC(=O)C(C)C(C)B1OC(C)(C)C(C)(C)O1. The Bertz CT molecular complexity index is 270. The Hall–Kier alpha value is -0.345. The zero-order chi connectivity index (χ0) is 12.7. The molecule has 0 aromatic carbocycles. The number of hydrogen-bond donors (Lipinski definition) is 0. The Kier molecular flexibility index (Phi) is 3.56. The highest BCUT2D eigenvalue weighted by Crippen LogP contribution is 2.41. The molecule has 2 atom stereocenters. The van der Waals surface area contributed by atoms with E-state index < -0.39 is 0 Å². The molecule has 0 aromatic rings. The van der Waals surface area contributed by atoms with E-state index in [4.69, 9.17) is 9.31 Å². The van der Waals surface area contributed by atoms with Crippen LogP contribution in [-0.4, -0.2) is 24.1 Å². The lowest BCUT2D eigenvalue weighted by Crippen LogP contribution is -2.41. The maximum atomic E-state index is 11.4. The van der Waals surface area contributed by atoms with Gasteiger partial charge in [0.2, 0.25) is 0 Å². The highest BCUT2D eigenvalue weighted by molar-refractivity contribution is 6.47. The second kappa shape index (κ2) is 4.15. The van der Waals surface area contributed by atoms with E-state index >= 15 is 0 Å². The normalized spacial score (nSPS) is 26.6. The van der Waals surface area contributed by atoms with Gasteiger partial charge in [-0.05, 0) is 34.6 Å². The minimum Gasteiger partial charge on any atom is -0.403 e. The molecule has 1 rings (SSSR count). The fraction of sp³-hybridized carbons (Fsp3) is 0.917. The van der Waals surface area contributed by atoms with Crippen molar-refractivity contribution in [1.29, 1.82) is 0 Å². The van der Waals surface area contributed by atoms with Gasteiger partial charge in [-0.2, -0.15) is 0 Å². The van der Waals surface area contributed by atoms with Crippen molar-refractivity contribution in [2.75, 3.05) is 0 Å². The van der Waals surface area contributed by atoms with Crippen LogP contribution in [0.15, 0.2) is 0 Å². The van der Waals surface area contributed by atoms with Crippen LogP contribution in [0.4, 0.5) is 0 Å². The van der Waals surface area contributed by atoms with Gasteiger partial charge >= 0.3 is 7.12 Å². The molecule has 1 heterocycles. The summed E-state index contributed by atoms with van der Waals surface area (Å²) < 4.78 is 11.8. The van der Waals surface area contributed by atoms with Crippen molar-refractivity contribution >= 4 is 12.9 Å². The molecule has 1 fully saturated rings. The number of carbonyl (C=O) groups is 1. The third kappa shape index (κ3) is 2.33. The molecular weight excluding hydrogens is 203 g/mol. The number of hydrogen-bond acceptors (Lipinski definition) is 3. The Morgan fingerprint density at radius 3 is 1.75 bits per heavy atom. The largest absolute Gasteiger partial charge is 0.461 e. The van der Waals surface area contributed by atoms with Crippen molar-refractivity contribution in [3.05, 3.63) is 0 Å². The third-order valence-corrected chi connectivity index (χ3v) is 4.13. The van der Waals surface area contributed by atoms with Crippen LogP contribution in [0, 0.1) is 5.92 Å². The van der Waals surface area contributed by atoms with Crippen LogP contribution in [0.1, 0.15) is 48.5 Å². The van der Waals surface area contributed by atoms with Crippen molar-refractivity contribution in [2.45, 2.75) is 65.5 Å². The number of rotatable bonds is 3. The predicted molar refractivity (Wildman–Crippen MR) is 65.4 cm³/mol. The first-order chi connectivity index (χ1) is 7.08. The molecule has 0 bridgehead atoms. The fourth-order valence-corrected chi connectivity index (χ4v) is 1.71. The number of Topliss-reactive ketones (excluding diaryl/α,β-unsaturated/α-hetero) is 1. The van der Waals surface area contributed by atoms with Gasteiger partial charge in [-0.1, -0.05) is 13.8 Å². The zero-order valence-corrected chi connectivity index (χ0v) is 11.5. The standard InChI is InChI=1S/C12H23BO3/c1-8(10(3)14)9(2)13-15-11(4,5)12(6,7)16-13/h8-9H,1-7H3. The third-order valence-electron chi connectivity index (χ3n) is 4.13. The zero-order valence-electron chi connectivity index (χ0n) is 11.5. The van der Waals surface area contributed by atoms with Crippen LogP contribution in [0.5, 0.6) is 0 Å². The van der Waals surface area contributed by atoms with Gasteiger partial charge in [0.05, 0.1) is 11.2 Å². The van der Waals surface area contributed by atoms with Crippen molar-refractivity contribution < 1.29 is 14.1 Å². The van der Waals surface area contributed by atoms with Gasteiger partial charge < -0.3 is 9.31 Å². The van der Waals surface area contributed by atoms with E-state index in [-0.39, 0.29) is 35.8 Å². The lowest BCUT2D eigenvalue weighted by atomic mass is 9.65. The molecule has 1 saturated heterocycles. The van der Waals surface area contributed by atoms with Crippen LogP contribution < -0.4 is 0 Å². The molecule has 16 heavy (non-hydrogen) atoms. The van der Waals surface area contributed by atoms with Gasteiger partial charge in [0.1, 0.15) is 5.78 Å². The first-order valence-electron chi connectivity index (χ1n) is 5.94. The Balaban J connectivity index is 2.76. The Morgan fingerprint density at radius 1 is 1.06 bits per heavy atom. The molecule has 1 aliphatic rings. The van der Waals surface area contributed by atoms with Crippen LogP contribution in [0.2, 0.25) is 5.82 Å². The molecule has 0 radical (unpaired) electrons. The molecule has 0 spiro atoms. The summed E-state index contributed by atoms with van der Waals surface area (Å²) >= 11 is 0. The average molecular weight is 226 g/mol. The molecule has 0 aromatic heterocycles. The number of ketones is 1. The van der Waals surface area contributed by atoms with E-state index in [1.165, 1.54) is 0 Å². The summed E-state index contributed by atoms with van der Waals surface area (Å²) in [6, 6.07) is 0. The van der Waals surface area contributed by atoms with E-state index in [0.29, 0.717) is 0 Å². The van der Waals surface area contributed by atoms with Gasteiger partial charge in [-0.15, -0.1) is 0 Å². The first kappa shape index (κ1) is 13.7. The van der Waals surface area contributed by atoms with Crippen molar-refractivity contribution in [3.8, 4) is 0 Å². The maximum Gasteiger partial charge on any atom is 0.461 e. The van der Waals surface area contributed by atoms with Crippen LogP contribution >= 0.6 is 0 Å². The van der Waals surface area contributed by atoms with E-state index in [0.717, 1.165) is 0 Å². The number of carbonyl (C=O) groups excluding carboxylic acids is 1. The van der Waals surface area contributed by atoms with Gasteiger partial charge in [-0.3, -0.25) is 4.79 Å². The molecule has 4 heteroatoms. The molecule has 0 saturated carbocycles. The minimum absolute atomic E-state index is 0.0327. The molecule has 3 nitrogen and oxygen atoms in total. The van der Waals surface area contributed by atoms with Crippen LogP contribution in [0.3, 0.4) is 0 Å². The summed E-state index contributed by atoms with van der Waals surface area (Å²) in [5, 5.41) is 0. The lowest BCUT2D eigenvalue weighted by Gasteiger charge is -2.32. The van der Waals surface area contributed by atoms with Gasteiger partial charge in [0.15, 0.2) is 0 Å². The van der Waals surface area contributed by atoms with Crippen molar-refractivity contribution in [3.63, 3.8) is 0 Å². The Labute approximate surface area is 99.0 Å². The second-order valence-electron chi connectivity index (χ2n) is 5.88. The predicted octanol–water partition coefficient (Wildman–Crippen LogP) is 2.69. The molecule has 0 N–H and O–H groups in total. The quantitative estimate of drug-likeness (QED) is 0.694. The average Bonchev–Trinajstić information content (AvgIpc) is 2.33. The molecule has 2 unspecified atom stereocenters. The van der Waals surface area contributed by atoms with Crippen molar-refractivity contribution in [1.82, 2.24) is 0 Å². The first-order valence-corrected chi connectivity index (χ1v) is 5.94. The molecule has 1 aliphatic heterocycles.